The van der Waals surface area contributed by atoms with Crippen LogP contribution in [-0.2, 0) is 6.54 Å². The number of nitrogens with two attached hydrogens (primary N) is 1. The zero-order valence-electron chi connectivity index (χ0n) is 11.8. The van der Waals surface area contributed by atoms with E-state index in [0.717, 1.165) is 24.2 Å². The zero-order chi connectivity index (χ0) is 14.4. The minimum absolute atomic E-state index is 0. The van der Waals surface area contributed by atoms with E-state index in [-0.39, 0.29) is 24.0 Å². The Hall–Kier alpha value is -1.28. The van der Waals surface area contributed by atoms with Crippen LogP contribution < -0.4 is 11.1 Å². The predicted molar refractivity (Wildman–Crippen MR) is 98.6 cm³/mol. The average Bonchev–Trinajstić information content (AvgIpc) is 2.83. The average molecular weight is 420 g/mol. The van der Waals surface area contributed by atoms with Crippen molar-refractivity contribution in [3.63, 3.8) is 0 Å². The SMILES string of the molecule is Cc1cnn(CCCN=C(N)Nc2ccccc2Cl)c1.I. The molecular weight excluding hydrogens is 401 g/mol. The number of anilines is 1. The number of hydrogen-bond donors (Lipinski definition) is 2. The highest BCUT2D eigenvalue weighted by Crippen LogP contribution is 2.19. The standard InChI is InChI=1S/C14H18ClN5.HI/c1-11-9-18-20(10-11)8-4-7-17-14(16)19-13-6-3-2-5-12(13)15;/h2-3,5-6,9-10H,4,7-8H2,1H3,(H3,16,17,19);1H. The van der Waals surface area contributed by atoms with Crippen LogP contribution in [0.15, 0.2) is 41.7 Å². The van der Waals surface area contributed by atoms with Gasteiger partial charge in [0.05, 0.1) is 16.9 Å². The van der Waals surface area contributed by atoms with E-state index in [2.05, 4.69) is 15.4 Å². The molecule has 0 aliphatic heterocycles. The number of benzene rings is 1. The minimum Gasteiger partial charge on any atom is -0.370 e. The van der Waals surface area contributed by atoms with E-state index in [9.17, 15) is 0 Å². The number of hydrogen-bond acceptors (Lipinski definition) is 2. The monoisotopic (exact) mass is 419 g/mol. The molecule has 2 aromatic rings. The topological polar surface area (TPSA) is 68.2 Å². The summed E-state index contributed by atoms with van der Waals surface area (Å²) in [6.07, 6.45) is 4.73. The van der Waals surface area contributed by atoms with Gasteiger partial charge in [0.15, 0.2) is 5.96 Å². The summed E-state index contributed by atoms with van der Waals surface area (Å²) in [7, 11) is 0. The Bertz CT molecular complexity index is 597. The number of aryl methyl sites for hydroxylation is 2. The van der Waals surface area contributed by atoms with E-state index in [1.54, 1.807) is 6.07 Å². The van der Waals surface area contributed by atoms with Crippen molar-refractivity contribution in [3.8, 4) is 0 Å². The highest BCUT2D eigenvalue weighted by molar-refractivity contribution is 14.0. The summed E-state index contributed by atoms with van der Waals surface area (Å²) in [6.45, 7) is 3.49. The van der Waals surface area contributed by atoms with Gasteiger partial charge in [-0.1, -0.05) is 23.7 Å². The van der Waals surface area contributed by atoms with Crippen molar-refractivity contribution >= 4 is 47.2 Å². The molecule has 1 aromatic carbocycles. The van der Waals surface area contributed by atoms with E-state index in [4.69, 9.17) is 17.3 Å². The second-order valence-corrected chi connectivity index (χ2v) is 4.91. The highest BCUT2D eigenvalue weighted by Gasteiger charge is 1.99. The van der Waals surface area contributed by atoms with Crippen molar-refractivity contribution in [3.05, 3.63) is 47.2 Å². The van der Waals surface area contributed by atoms with E-state index >= 15 is 0 Å². The van der Waals surface area contributed by atoms with Crippen molar-refractivity contribution in [2.75, 3.05) is 11.9 Å². The smallest absolute Gasteiger partial charge is 0.193 e. The van der Waals surface area contributed by atoms with E-state index in [1.165, 1.54) is 0 Å². The molecule has 0 atom stereocenters. The van der Waals surface area contributed by atoms with Crippen LogP contribution in [0.25, 0.3) is 0 Å². The van der Waals surface area contributed by atoms with Crippen LogP contribution in [0.4, 0.5) is 5.69 Å². The first-order chi connectivity index (χ1) is 9.65. The van der Waals surface area contributed by atoms with Gasteiger partial charge in [0.2, 0.25) is 0 Å². The van der Waals surface area contributed by atoms with Crippen molar-refractivity contribution in [1.82, 2.24) is 9.78 Å². The van der Waals surface area contributed by atoms with Crippen molar-refractivity contribution in [2.24, 2.45) is 10.7 Å². The van der Waals surface area contributed by atoms with E-state index in [0.29, 0.717) is 17.5 Å². The fourth-order valence-corrected chi connectivity index (χ4v) is 1.94. The van der Waals surface area contributed by atoms with Crippen LogP contribution in [0, 0.1) is 6.92 Å². The van der Waals surface area contributed by atoms with Gasteiger partial charge in [-0.3, -0.25) is 9.67 Å². The molecule has 5 nitrogen and oxygen atoms in total. The van der Waals surface area contributed by atoms with Gasteiger partial charge in [0.1, 0.15) is 0 Å². The Labute approximate surface area is 146 Å². The molecule has 0 aliphatic rings. The van der Waals surface area contributed by atoms with Crippen LogP contribution >= 0.6 is 35.6 Å². The lowest BCUT2D eigenvalue weighted by Gasteiger charge is -2.07. The second kappa shape index (κ2) is 8.89. The lowest BCUT2D eigenvalue weighted by atomic mass is 10.3. The molecule has 0 amide bonds. The van der Waals surface area contributed by atoms with Crippen LogP contribution in [0.1, 0.15) is 12.0 Å². The fraction of sp³-hybridized carbons (Fsp3) is 0.286. The molecule has 2 rings (SSSR count). The molecule has 0 saturated heterocycles. The number of aliphatic imine (C=N–C) groups is 1. The zero-order valence-corrected chi connectivity index (χ0v) is 14.9. The molecule has 0 saturated carbocycles. The second-order valence-electron chi connectivity index (χ2n) is 4.51. The first-order valence-corrected chi connectivity index (χ1v) is 6.83. The number of aromatic nitrogens is 2. The quantitative estimate of drug-likeness (QED) is 0.338. The summed E-state index contributed by atoms with van der Waals surface area (Å²) in [5.74, 6) is 0.370. The molecule has 0 spiro atoms. The molecule has 1 aromatic heterocycles. The van der Waals surface area contributed by atoms with E-state index < -0.39 is 0 Å². The van der Waals surface area contributed by atoms with Gasteiger partial charge in [0.25, 0.3) is 0 Å². The summed E-state index contributed by atoms with van der Waals surface area (Å²) in [5.41, 5.74) is 7.74. The molecular formula is C14H19ClIN5. The number of nitrogens with one attached hydrogen (secondary N) is 1. The fourth-order valence-electron chi connectivity index (χ4n) is 1.76. The van der Waals surface area contributed by atoms with Crippen LogP contribution in [0.2, 0.25) is 5.02 Å². The summed E-state index contributed by atoms with van der Waals surface area (Å²) in [5, 5.41) is 7.82. The number of rotatable bonds is 5. The Kier molecular flexibility index (Phi) is 7.52. The summed E-state index contributed by atoms with van der Waals surface area (Å²) in [4.78, 5) is 4.27. The minimum atomic E-state index is 0. The molecule has 3 N–H and O–H groups in total. The molecule has 0 bridgehead atoms. The third-order valence-electron chi connectivity index (χ3n) is 2.73. The maximum absolute atomic E-state index is 6.03. The van der Waals surface area contributed by atoms with Crippen LogP contribution in [0.5, 0.6) is 0 Å². The molecule has 114 valence electrons. The van der Waals surface area contributed by atoms with Gasteiger partial charge in [-0.15, -0.1) is 24.0 Å². The molecule has 0 aliphatic carbocycles. The highest BCUT2D eigenvalue weighted by atomic mass is 127. The van der Waals surface area contributed by atoms with Crippen molar-refractivity contribution in [1.29, 1.82) is 0 Å². The number of nitrogens with zero attached hydrogens (tertiary/aromatic N) is 3. The molecule has 0 radical (unpaired) electrons. The lowest BCUT2D eigenvalue weighted by Crippen LogP contribution is -2.23. The maximum Gasteiger partial charge on any atom is 0.193 e. The van der Waals surface area contributed by atoms with Gasteiger partial charge < -0.3 is 11.1 Å². The third-order valence-corrected chi connectivity index (χ3v) is 3.06. The molecule has 1 heterocycles. The normalized spacial score (nSPS) is 11.0. The predicted octanol–water partition coefficient (Wildman–Crippen LogP) is 3.28. The summed E-state index contributed by atoms with van der Waals surface area (Å²) in [6, 6.07) is 7.42. The first kappa shape index (κ1) is 17.8. The van der Waals surface area contributed by atoms with Gasteiger partial charge in [0, 0.05) is 19.3 Å². The summed E-state index contributed by atoms with van der Waals surface area (Å²) < 4.78 is 1.91. The van der Waals surface area contributed by atoms with Gasteiger partial charge in [-0.2, -0.15) is 5.10 Å². The van der Waals surface area contributed by atoms with Gasteiger partial charge >= 0.3 is 0 Å². The maximum atomic E-state index is 6.03. The lowest BCUT2D eigenvalue weighted by molar-refractivity contribution is 0.585. The Morgan fingerprint density at radius 3 is 2.86 bits per heavy atom. The number of para-hydroxylation sites is 1. The Balaban J connectivity index is 0.00000220. The third kappa shape index (κ3) is 5.92. The summed E-state index contributed by atoms with van der Waals surface area (Å²) >= 11 is 6.03. The van der Waals surface area contributed by atoms with Crippen molar-refractivity contribution < 1.29 is 0 Å². The van der Waals surface area contributed by atoms with Crippen LogP contribution in [-0.4, -0.2) is 22.3 Å². The molecule has 7 heteroatoms. The molecule has 21 heavy (non-hydrogen) atoms. The molecule has 0 fully saturated rings. The molecule has 0 unspecified atom stereocenters. The van der Waals surface area contributed by atoms with Crippen molar-refractivity contribution in [2.45, 2.75) is 19.9 Å². The first-order valence-electron chi connectivity index (χ1n) is 6.45. The van der Waals surface area contributed by atoms with Crippen LogP contribution in [0.3, 0.4) is 0 Å². The van der Waals surface area contributed by atoms with Gasteiger partial charge in [-0.05, 0) is 31.0 Å². The van der Waals surface area contributed by atoms with Gasteiger partial charge in [-0.25, -0.2) is 0 Å². The Morgan fingerprint density at radius 2 is 2.19 bits per heavy atom. The largest absolute Gasteiger partial charge is 0.370 e. The number of halogens is 2. The number of guanidine groups is 1. The van der Waals surface area contributed by atoms with E-state index in [1.807, 2.05) is 42.2 Å². The Morgan fingerprint density at radius 1 is 1.43 bits per heavy atom.